The van der Waals surface area contributed by atoms with Crippen LogP contribution >= 0.6 is 0 Å². The minimum atomic E-state index is -0.0407. The first kappa shape index (κ1) is 30.3. The maximum atomic E-state index is 10.8. The fourth-order valence-electron chi connectivity index (χ4n) is 7.46. The molecule has 4 aromatic rings. The van der Waals surface area contributed by atoms with Gasteiger partial charge >= 0.3 is 0 Å². The highest BCUT2D eigenvalue weighted by Crippen LogP contribution is 2.52. The van der Waals surface area contributed by atoms with Crippen LogP contribution < -0.4 is 23.7 Å². The van der Waals surface area contributed by atoms with Gasteiger partial charge in [0.25, 0.3) is 0 Å². The second-order valence-corrected chi connectivity index (χ2v) is 13.3. The highest BCUT2D eigenvalue weighted by atomic mass is 16.5. The third-order valence-corrected chi connectivity index (χ3v) is 10.2. The first-order chi connectivity index (χ1) is 22.2. The van der Waals surface area contributed by atoms with E-state index in [1.54, 1.807) is 27.4 Å². The van der Waals surface area contributed by atoms with Crippen LogP contribution in [0.25, 0.3) is 0 Å². The molecule has 0 fully saturated rings. The predicted molar refractivity (Wildman–Crippen MR) is 177 cm³/mol. The molecule has 8 rings (SSSR count). The van der Waals surface area contributed by atoms with Crippen molar-refractivity contribution in [1.29, 1.82) is 0 Å². The van der Waals surface area contributed by atoms with Crippen LogP contribution in [0.3, 0.4) is 0 Å². The Hall–Kier alpha value is -4.40. The van der Waals surface area contributed by atoms with E-state index in [2.05, 4.69) is 56.4 Å². The molecule has 4 heterocycles. The van der Waals surface area contributed by atoms with Crippen LogP contribution in [0.4, 0.5) is 0 Å². The summed E-state index contributed by atoms with van der Waals surface area (Å²) in [5.74, 6) is 4.41. The van der Waals surface area contributed by atoms with Crippen molar-refractivity contribution in [2.75, 3.05) is 55.6 Å². The molecule has 4 aromatic carbocycles. The Morgan fingerprint density at radius 2 is 1.52 bits per heavy atom. The lowest BCUT2D eigenvalue weighted by Gasteiger charge is -2.43. The van der Waals surface area contributed by atoms with E-state index in [0.29, 0.717) is 46.7 Å². The Morgan fingerprint density at radius 1 is 0.783 bits per heavy atom. The van der Waals surface area contributed by atoms with Crippen LogP contribution in [0.1, 0.15) is 45.5 Å². The minimum Gasteiger partial charge on any atom is -0.504 e. The Balaban J connectivity index is 1.48. The van der Waals surface area contributed by atoms with Crippen LogP contribution in [0.15, 0.2) is 60.7 Å². The molecule has 0 radical (unpaired) electrons. The van der Waals surface area contributed by atoms with Gasteiger partial charge in [-0.15, -0.1) is 0 Å². The summed E-state index contributed by atoms with van der Waals surface area (Å²) in [7, 11) is 11.8. The Bertz CT molecular complexity index is 1780. The number of methoxy groups -OCH3 is 3. The molecule has 0 amide bonds. The number of hydrogen-bond donors (Lipinski definition) is 1. The fraction of sp³-hybridized carbons (Fsp3) is 0.368. The van der Waals surface area contributed by atoms with Crippen LogP contribution in [-0.2, 0) is 25.7 Å². The van der Waals surface area contributed by atoms with Gasteiger partial charge in [0.1, 0.15) is 11.8 Å². The molecule has 0 unspecified atom stereocenters. The molecule has 6 bridgehead atoms. The van der Waals surface area contributed by atoms with Crippen molar-refractivity contribution < 1.29 is 33.3 Å². The zero-order valence-electron chi connectivity index (χ0n) is 27.6. The van der Waals surface area contributed by atoms with Gasteiger partial charge < -0.3 is 33.3 Å². The van der Waals surface area contributed by atoms with Gasteiger partial charge in [-0.1, -0.05) is 18.2 Å². The normalized spacial score (nSPS) is 20.0. The van der Waals surface area contributed by atoms with Crippen molar-refractivity contribution in [3.05, 3.63) is 94.0 Å². The lowest BCUT2D eigenvalue weighted by molar-refractivity contribution is -0.923. The summed E-state index contributed by atoms with van der Waals surface area (Å²) in [6.07, 6.45) is 3.30. The summed E-state index contributed by atoms with van der Waals surface area (Å²) < 4.78 is 32.0. The zero-order chi connectivity index (χ0) is 32.2. The molecule has 8 heteroatoms. The summed E-state index contributed by atoms with van der Waals surface area (Å²) in [5.41, 5.74) is 7.01. The highest BCUT2D eigenvalue weighted by molar-refractivity contribution is 5.63. The first-order valence-corrected chi connectivity index (χ1v) is 16.0. The average molecular weight is 624 g/mol. The molecular weight excluding hydrogens is 580 g/mol. The summed E-state index contributed by atoms with van der Waals surface area (Å²) in [4.78, 5) is 2.35. The van der Waals surface area contributed by atoms with Crippen molar-refractivity contribution in [3.63, 3.8) is 0 Å². The number of rotatable bonds is 3. The third kappa shape index (κ3) is 5.29. The first-order valence-electron chi connectivity index (χ1n) is 16.0. The van der Waals surface area contributed by atoms with E-state index >= 15 is 0 Å². The summed E-state index contributed by atoms with van der Waals surface area (Å²) >= 11 is 0. The van der Waals surface area contributed by atoms with Crippen molar-refractivity contribution >= 4 is 0 Å². The maximum absolute atomic E-state index is 10.8. The van der Waals surface area contributed by atoms with Gasteiger partial charge in [-0.2, -0.15) is 0 Å². The lowest BCUT2D eigenvalue weighted by atomic mass is 9.86. The topological polar surface area (TPSA) is 69.6 Å². The summed E-state index contributed by atoms with van der Waals surface area (Å²) in [6, 6.07) is 20.4. The van der Waals surface area contributed by atoms with E-state index in [4.69, 9.17) is 23.7 Å². The molecule has 1 N–H and O–H groups in total. The molecule has 0 spiro atoms. The number of benzene rings is 4. The maximum Gasteiger partial charge on any atom is 0.204 e. The number of nitrogens with zero attached hydrogens (tertiary/aromatic N) is 2. The molecule has 2 atom stereocenters. The van der Waals surface area contributed by atoms with E-state index in [0.717, 1.165) is 53.5 Å². The number of quaternary nitrogens is 1. The molecule has 0 aromatic heterocycles. The lowest BCUT2D eigenvalue weighted by Crippen LogP contribution is -2.48. The van der Waals surface area contributed by atoms with Crippen molar-refractivity contribution in [2.45, 2.75) is 37.8 Å². The van der Waals surface area contributed by atoms with Crippen LogP contribution in [0.5, 0.6) is 46.0 Å². The number of phenolic OH excluding ortho intramolecular Hbond substituents is 1. The van der Waals surface area contributed by atoms with Gasteiger partial charge in [-0.05, 0) is 84.6 Å². The number of fused-ring (bicyclic) bond motifs is 2. The molecule has 0 aliphatic carbocycles. The standard InChI is InChI=1S/C38H42N2O6/c1-39-15-13-26-21-35(43-5)37(44-6)38-36(26)29(39)17-24-9-12-31(41)32(19-24)45-27-10-7-23(8-11-27)18-30-28-22-34(46-38)33(42-4)20-25(28)14-16-40(30,2)3/h7-12,19-22,29-30H,13-18H2,1-6H3/p+1/t29-,30+/m1/s1. The Labute approximate surface area is 271 Å². The molecule has 4 aliphatic heterocycles. The van der Waals surface area contributed by atoms with Gasteiger partial charge in [-0.25, -0.2) is 0 Å². The van der Waals surface area contributed by atoms with Gasteiger partial charge in [0.15, 0.2) is 34.5 Å². The minimum absolute atomic E-state index is 0.0407. The molecule has 240 valence electrons. The molecule has 8 nitrogen and oxygen atoms in total. The van der Waals surface area contributed by atoms with Gasteiger partial charge in [-0.3, -0.25) is 4.90 Å². The smallest absolute Gasteiger partial charge is 0.204 e. The predicted octanol–water partition coefficient (Wildman–Crippen LogP) is 7.00. The van der Waals surface area contributed by atoms with Crippen molar-refractivity contribution in [3.8, 4) is 46.0 Å². The van der Waals surface area contributed by atoms with Crippen molar-refractivity contribution in [1.82, 2.24) is 4.90 Å². The van der Waals surface area contributed by atoms with Crippen molar-refractivity contribution in [2.24, 2.45) is 0 Å². The van der Waals surface area contributed by atoms with Gasteiger partial charge in [0.05, 0.1) is 42.0 Å². The molecule has 4 aliphatic rings. The number of ether oxygens (including phenoxy) is 5. The second kappa shape index (κ2) is 11.8. The second-order valence-electron chi connectivity index (χ2n) is 13.3. The zero-order valence-corrected chi connectivity index (χ0v) is 27.6. The molecular formula is C38H43N2O6+. The van der Waals surface area contributed by atoms with E-state index in [1.165, 1.54) is 16.7 Å². The summed E-state index contributed by atoms with van der Waals surface area (Å²) in [6.45, 7) is 1.89. The highest BCUT2D eigenvalue weighted by Gasteiger charge is 2.38. The van der Waals surface area contributed by atoms with Crippen LogP contribution in [0.2, 0.25) is 0 Å². The van der Waals surface area contributed by atoms with Crippen LogP contribution in [-0.4, -0.2) is 70.1 Å². The van der Waals surface area contributed by atoms with E-state index < -0.39 is 0 Å². The molecule has 0 saturated carbocycles. The Morgan fingerprint density at radius 3 is 2.26 bits per heavy atom. The number of hydrogen-bond acceptors (Lipinski definition) is 7. The monoisotopic (exact) mass is 623 g/mol. The summed E-state index contributed by atoms with van der Waals surface area (Å²) in [5, 5.41) is 10.8. The van der Waals surface area contributed by atoms with Gasteiger partial charge in [0.2, 0.25) is 5.75 Å². The third-order valence-electron chi connectivity index (χ3n) is 10.2. The van der Waals surface area contributed by atoms with E-state index in [-0.39, 0.29) is 17.8 Å². The Kier molecular flexibility index (Phi) is 7.73. The number of likely N-dealkylation sites (N-methyl/N-ethyl adjacent to an activating group) is 2. The average Bonchev–Trinajstić information content (AvgIpc) is 3.05. The SMILES string of the molecule is COc1cc2c3cc1Oc1c(OC)c(OC)cc4c1[C@@H](Cc1ccc(O)c(c1)Oc1ccc(cc1)C[C@@H]3[N+](C)(C)CC2)N(C)CC4. The quantitative estimate of drug-likeness (QED) is 0.247. The molecule has 46 heavy (non-hydrogen) atoms. The number of phenols is 1. The largest absolute Gasteiger partial charge is 0.504 e. The fourth-order valence-corrected chi connectivity index (χ4v) is 7.46. The van der Waals surface area contributed by atoms with Gasteiger partial charge in [0, 0.05) is 36.6 Å². The molecule has 0 saturated heterocycles. The number of aromatic hydroxyl groups is 1. The van der Waals surface area contributed by atoms with E-state index in [9.17, 15) is 5.11 Å². The van der Waals surface area contributed by atoms with Crippen LogP contribution in [0, 0.1) is 0 Å². The van der Waals surface area contributed by atoms with E-state index in [1.807, 2.05) is 24.3 Å².